The normalized spacial score (nSPS) is 10.8. The first kappa shape index (κ1) is 18.0. The number of carbonyl (C=O) groups excluding carboxylic acids is 1. The molecule has 0 saturated heterocycles. The first-order chi connectivity index (χ1) is 11.7. The van der Waals surface area contributed by atoms with Crippen molar-refractivity contribution in [1.82, 2.24) is 15.4 Å². The Bertz CT molecular complexity index is 650. The minimum Gasteiger partial charge on any atom is -0.496 e. The van der Waals surface area contributed by atoms with E-state index in [1.807, 2.05) is 24.3 Å². The van der Waals surface area contributed by atoms with Gasteiger partial charge in [-0.2, -0.15) is 0 Å². The van der Waals surface area contributed by atoms with Crippen LogP contribution in [0.15, 0.2) is 34.9 Å². The third-order valence-corrected chi connectivity index (χ3v) is 3.95. The van der Waals surface area contributed by atoms with Gasteiger partial charge in [-0.3, -0.25) is 4.79 Å². The van der Waals surface area contributed by atoms with Crippen molar-refractivity contribution in [3.05, 3.63) is 36.0 Å². The van der Waals surface area contributed by atoms with Crippen molar-refractivity contribution in [2.75, 3.05) is 33.3 Å². The summed E-state index contributed by atoms with van der Waals surface area (Å²) in [6.45, 7) is 7.91. The Morgan fingerprint density at radius 1 is 1.29 bits per heavy atom. The monoisotopic (exact) mass is 331 g/mol. The molecule has 1 aromatic carbocycles. The number of para-hydroxylation sites is 1. The molecule has 0 saturated carbocycles. The number of amides is 1. The predicted molar refractivity (Wildman–Crippen MR) is 93.2 cm³/mol. The van der Waals surface area contributed by atoms with E-state index in [4.69, 9.17) is 9.26 Å². The highest BCUT2D eigenvalue weighted by Crippen LogP contribution is 2.29. The zero-order chi connectivity index (χ0) is 17.4. The summed E-state index contributed by atoms with van der Waals surface area (Å²) in [5.41, 5.74) is 1.05. The van der Waals surface area contributed by atoms with Gasteiger partial charge in [-0.1, -0.05) is 31.1 Å². The van der Waals surface area contributed by atoms with E-state index in [0.29, 0.717) is 18.1 Å². The molecule has 130 valence electrons. The molecule has 0 atom stereocenters. The van der Waals surface area contributed by atoms with Gasteiger partial charge >= 0.3 is 0 Å². The fourth-order valence-corrected chi connectivity index (χ4v) is 2.49. The lowest BCUT2D eigenvalue weighted by Crippen LogP contribution is -2.30. The van der Waals surface area contributed by atoms with Crippen LogP contribution in [0.2, 0.25) is 0 Å². The molecule has 0 bridgehead atoms. The van der Waals surface area contributed by atoms with Crippen molar-refractivity contribution in [2.24, 2.45) is 0 Å². The summed E-state index contributed by atoms with van der Waals surface area (Å²) in [5.74, 6) is 0.972. The van der Waals surface area contributed by atoms with E-state index < -0.39 is 0 Å². The zero-order valence-electron chi connectivity index (χ0n) is 14.5. The molecule has 0 aliphatic heterocycles. The van der Waals surface area contributed by atoms with E-state index in [9.17, 15) is 4.79 Å². The first-order valence-corrected chi connectivity index (χ1v) is 8.30. The predicted octanol–water partition coefficient (Wildman–Crippen LogP) is 2.81. The number of hydrogen-bond acceptors (Lipinski definition) is 5. The second-order valence-electron chi connectivity index (χ2n) is 5.41. The topological polar surface area (TPSA) is 67.6 Å². The Morgan fingerprint density at radius 2 is 2.04 bits per heavy atom. The number of nitrogens with one attached hydrogen (secondary N) is 1. The van der Waals surface area contributed by atoms with Crippen LogP contribution in [0.3, 0.4) is 0 Å². The van der Waals surface area contributed by atoms with E-state index in [0.717, 1.165) is 31.6 Å². The number of benzene rings is 1. The molecule has 2 rings (SSSR count). The van der Waals surface area contributed by atoms with Crippen LogP contribution in [0.5, 0.6) is 5.75 Å². The molecule has 1 aromatic heterocycles. The van der Waals surface area contributed by atoms with Gasteiger partial charge in [-0.25, -0.2) is 0 Å². The van der Waals surface area contributed by atoms with Gasteiger partial charge < -0.3 is 19.5 Å². The Morgan fingerprint density at radius 3 is 2.75 bits per heavy atom. The van der Waals surface area contributed by atoms with E-state index in [1.165, 1.54) is 0 Å². The number of carbonyl (C=O) groups is 1. The van der Waals surface area contributed by atoms with Crippen molar-refractivity contribution in [3.63, 3.8) is 0 Å². The van der Waals surface area contributed by atoms with Gasteiger partial charge in [0.1, 0.15) is 5.75 Å². The zero-order valence-corrected chi connectivity index (χ0v) is 14.5. The summed E-state index contributed by atoms with van der Waals surface area (Å²) in [6, 6.07) is 9.10. The molecule has 1 amide bonds. The van der Waals surface area contributed by atoms with Gasteiger partial charge in [0.05, 0.1) is 12.7 Å². The maximum Gasteiger partial charge on any atom is 0.273 e. The molecule has 0 spiro atoms. The number of nitrogens with zero attached hydrogens (tertiary/aromatic N) is 2. The van der Waals surface area contributed by atoms with Gasteiger partial charge in [-0.05, 0) is 38.2 Å². The molecule has 0 radical (unpaired) electrons. The lowest BCUT2D eigenvalue weighted by atomic mass is 10.1. The maximum absolute atomic E-state index is 12.1. The number of methoxy groups -OCH3 is 1. The van der Waals surface area contributed by atoms with Crippen LogP contribution in [-0.2, 0) is 0 Å². The molecule has 0 aliphatic rings. The summed E-state index contributed by atoms with van der Waals surface area (Å²) < 4.78 is 10.6. The van der Waals surface area contributed by atoms with Crippen LogP contribution >= 0.6 is 0 Å². The summed E-state index contributed by atoms with van der Waals surface area (Å²) in [7, 11) is 1.60. The van der Waals surface area contributed by atoms with Crippen LogP contribution in [-0.4, -0.2) is 49.3 Å². The molecule has 0 aliphatic carbocycles. The average molecular weight is 331 g/mol. The summed E-state index contributed by atoms with van der Waals surface area (Å²) in [5, 5.41) is 6.74. The van der Waals surface area contributed by atoms with Crippen LogP contribution in [0, 0.1) is 0 Å². The number of rotatable bonds is 9. The van der Waals surface area contributed by atoms with E-state index in [1.54, 1.807) is 13.2 Å². The minimum absolute atomic E-state index is 0.223. The van der Waals surface area contributed by atoms with E-state index in [-0.39, 0.29) is 11.6 Å². The van der Waals surface area contributed by atoms with Crippen LogP contribution < -0.4 is 10.1 Å². The highest BCUT2D eigenvalue weighted by molar-refractivity contribution is 5.93. The molecule has 6 heteroatoms. The quantitative estimate of drug-likeness (QED) is 0.716. The van der Waals surface area contributed by atoms with Crippen molar-refractivity contribution >= 4 is 5.91 Å². The smallest absolute Gasteiger partial charge is 0.273 e. The fraction of sp³-hybridized carbons (Fsp3) is 0.444. The molecule has 2 aromatic rings. The molecular formula is C18H25N3O3. The van der Waals surface area contributed by atoms with Crippen molar-refractivity contribution < 1.29 is 14.1 Å². The molecule has 24 heavy (non-hydrogen) atoms. The SMILES string of the molecule is CCN(CC)CCCNC(=O)c1cc(-c2ccccc2OC)on1. The molecule has 0 fully saturated rings. The van der Waals surface area contributed by atoms with Gasteiger partial charge in [0.25, 0.3) is 5.91 Å². The van der Waals surface area contributed by atoms with Crippen molar-refractivity contribution in [1.29, 1.82) is 0 Å². The standard InChI is InChI=1S/C18H25N3O3/c1-4-21(5-2)12-8-11-19-18(22)15-13-17(24-20-15)14-9-6-7-10-16(14)23-3/h6-7,9-10,13H,4-5,8,11-12H2,1-3H3,(H,19,22). The van der Waals surface area contributed by atoms with Crippen molar-refractivity contribution in [3.8, 4) is 17.1 Å². The number of ether oxygens (including phenoxy) is 1. The van der Waals surface area contributed by atoms with Gasteiger partial charge in [0.2, 0.25) is 0 Å². The molecule has 1 N–H and O–H groups in total. The fourth-order valence-electron chi connectivity index (χ4n) is 2.49. The second-order valence-corrected chi connectivity index (χ2v) is 5.41. The number of aromatic nitrogens is 1. The Hall–Kier alpha value is -2.34. The van der Waals surface area contributed by atoms with Crippen LogP contribution in [0.4, 0.5) is 0 Å². The van der Waals surface area contributed by atoms with Crippen LogP contribution in [0.1, 0.15) is 30.8 Å². The number of hydrogen-bond donors (Lipinski definition) is 1. The minimum atomic E-state index is -0.223. The summed E-state index contributed by atoms with van der Waals surface area (Å²) in [6.07, 6.45) is 0.907. The lowest BCUT2D eigenvalue weighted by molar-refractivity contribution is 0.0943. The van der Waals surface area contributed by atoms with Gasteiger partial charge in [-0.15, -0.1) is 0 Å². The Labute approximate surface area is 142 Å². The van der Waals surface area contributed by atoms with E-state index in [2.05, 4.69) is 29.2 Å². The maximum atomic E-state index is 12.1. The highest BCUT2D eigenvalue weighted by atomic mass is 16.5. The molecular weight excluding hydrogens is 306 g/mol. The van der Waals surface area contributed by atoms with E-state index >= 15 is 0 Å². The first-order valence-electron chi connectivity index (χ1n) is 8.30. The largest absolute Gasteiger partial charge is 0.496 e. The third-order valence-electron chi connectivity index (χ3n) is 3.95. The Kier molecular flexibility index (Phi) is 6.81. The molecule has 0 unspecified atom stereocenters. The summed E-state index contributed by atoms with van der Waals surface area (Å²) in [4.78, 5) is 14.5. The van der Waals surface area contributed by atoms with Crippen molar-refractivity contribution in [2.45, 2.75) is 20.3 Å². The molecule has 6 nitrogen and oxygen atoms in total. The van der Waals surface area contributed by atoms with Gasteiger partial charge in [0, 0.05) is 12.6 Å². The Balaban J connectivity index is 1.92. The third kappa shape index (κ3) is 4.58. The molecule has 1 heterocycles. The second kappa shape index (κ2) is 9.08. The van der Waals surface area contributed by atoms with Crippen LogP contribution in [0.25, 0.3) is 11.3 Å². The lowest BCUT2D eigenvalue weighted by Gasteiger charge is -2.17. The highest BCUT2D eigenvalue weighted by Gasteiger charge is 2.15. The summed E-state index contributed by atoms with van der Waals surface area (Å²) >= 11 is 0. The van der Waals surface area contributed by atoms with Gasteiger partial charge in [0.15, 0.2) is 11.5 Å². The average Bonchev–Trinajstić information content (AvgIpc) is 3.11.